The van der Waals surface area contributed by atoms with E-state index >= 15 is 0 Å². The number of aromatic nitrogens is 1. The van der Waals surface area contributed by atoms with Gasteiger partial charge in [-0.15, -0.1) is 13.2 Å². The summed E-state index contributed by atoms with van der Waals surface area (Å²) < 4.78 is 46.2. The van der Waals surface area contributed by atoms with E-state index in [-0.39, 0.29) is 17.5 Å². The molecule has 25 heavy (non-hydrogen) atoms. The molecule has 1 aromatic carbocycles. The lowest BCUT2D eigenvalue weighted by molar-refractivity contribution is -0.274. The predicted octanol–water partition coefficient (Wildman–Crippen LogP) is 4.46. The highest BCUT2D eigenvalue weighted by atomic mass is 19.4. The van der Waals surface area contributed by atoms with Gasteiger partial charge < -0.3 is 19.5 Å². The molecule has 0 saturated heterocycles. The molecule has 3 rings (SSSR count). The topological polar surface area (TPSA) is 67.3 Å². The van der Waals surface area contributed by atoms with Gasteiger partial charge in [-0.2, -0.15) is 0 Å². The first-order valence-electron chi connectivity index (χ1n) is 7.47. The van der Waals surface area contributed by atoms with Crippen molar-refractivity contribution in [3.63, 3.8) is 0 Å². The lowest BCUT2D eigenvalue weighted by Crippen LogP contribution is -2.26. The fraction of sp³-hybridized carbons (Fsp3) is 0.235. The van der Waals surface area contributed by atoms with Gasteiger partial charge in [-0.05, 0) is 44.2 Å². The van der Waals surface area contributed by atoms with Crippen molar-refractivity contribution < 1.29 is 27.1 Å². The van der Waals surface area contributed by atoms with E-state index in [9.17, 15) is 18.0 Å². The Balaban J connectivity index is 1.77. The molecule has 2 aromatic heterocycles. The molecule has 0 radical (unpaired) electrons. The normalized spacial score (nSPS) is 13.0. The molecule has 5 nitrogen and oxygen atoms in total. The molecular formula is C17H15F3N2O3. The number of nitrogens with one attached hydrogen (secondary N) is 2. The van der Waals surface area contributed by atoms with Crippen molar-refractivity contribution >= 4 is 16.8 Å². The SMILES string of the molecule is Cc1ccc([C@@H](C)NC(=O)c2cc3ccc(OC(F)(F)F)cc3[nH]2)o1. The van der Waals surface area contributed by atoms with Crippen molar-refractivity contribution in [2.24, 2.45) is 0 Å². The largest absolute Gasteiger partial charge is 0.573 e. The third-order valence-corrected chi connectivity index (χ3v) is 3.61. The summed E-state index contributed by atoms with van der Waals surface area (Å²) >= 11 is 0. The second-order valence-electron chi connectivity index (χ2n) is 5.62. The molecule has 132 valence electrons. The number of ether oxygens (including phenoxy) is 1. The van der Waals surface area contributed by atoms with E-state index < -0.39 is 12.3 Å². The summed E-state index contributed by atoms with van der Waals surface area (Å²) in [6, 6.07) is 8.61. The van der Waals surface area contributed by atoms with Gasteiger partial charge in [0.2, 0.25) is 0 Å². The number of aryl methyl sites for hydroxylation is 1. The van der Waals surface area contributed by atoms with Gasteiger partial charge in [0.1, 0.15) is 23.0 Å². The zero-order valence-electron chi connectivity index (χ0n) is 13.4. The van der Waals surface area contributed by atoms with Crippen LogP contribution in [0.3, 0.4) is 0 Å². The molecule has 0 saturated carbocycles. The zero-order valence-corrected chi connectivity index (χ0v) is 13.4. The third-order valence-electron chi connectivity index (χ3n) is 3.61. The number of amides is 1. The summed E-state index contributed by atoms with van der Waals surface area (Å²) in [7, 11) is 0. The summed E-state index contributed by atoms with van der Waals surface area (Å²) in [6.45, 7) is 3.57. The maximum absolute atomic E-state index is 12.3. The standard InChI is InChI=1S/C17H15F3N2O3/c1-9-3-6-15(24-9)10(2)21-16(23)14-7-11-4-5-12(8-13(11)22-14)25-17(18,19)20/h3-8,10,22H,1-2H3,(H,21,23)/t10-/m1/s1. The Morgan fingerprint density at radius 1 is 1.24 bits per heavy atom. The number of alkyl halides is 3. The maximum atomic E-state index is 12.3. The fourth-order valence-corrected chi connectivity index (χ4v) is 2.46. The van der Waals surface area contributed by atoms with Gasteiger partial charge in [0.15, 0.2) is 0 Å². The molecule has 8 heteroatoms. The first-order valence-corrected chi connectivity index (χ1v) is 7.47. The van der Waals surface area contributed by atoms with Crippen LogP contribution in [-0.4, -0.2) is 17.3 Å². The number of furan rings is 1. The number of carbonyl (C=O) groups excluding carboxylic acids is 1. The van der Waals surface area contributed by atoms with E-state index in [0.717, 1.165) is 5.76 Å². The highest BCUT2D eigenvalue weighted by Gasteiger charge is 2.31. The van der Waals surface area contributed by atoms with Gasteiger partial charge in [0.05, 0.1) is 6.04 Å². The molecule has 0 fully saturated rings. The molecule has 0 unspecified atom stereocenters. The van der Waals surface area contributed by atoms with E-state index in [1.165, 1.54) is 18.2 Å². The molecule has 0 aliphatic rings. The number of hydrogen-bond donors (Lipinski definition) is 2. The Labute approximate surface area is 140 Å². The van der Waals surface area contributed by atoms with Crippen LogP contribution in [0.5, 0.6) is 5.75 Å². The molecule has 0 aliphatic heterocycles. The Bertz CT molecular complexity index is 911. The number of fused-ring (bicyclic) bond motifs is 1. The third kappa shape index (κ3) is 3.96. The molecule has 2 N–H and O–H groups in total. The van der Waals surface area contributed by atoms with Gasteiger partial charge in [-0.1, -0.05) is 0 Å². The molecule has 0 spiro atoms. The second kappa shape index (κ2) is 6.19. The lowest BCUT2D eigenvalue weighted by Gasteiger charge is -2.10. The Kier molecular flexibility index (Phi) is 4.20. The average molecular weight is 352 g/mol. The second-order valence-corrected chi connectivity index (χ2v) is 5.62. The maximum Gasteiger partial charge on any atom is 0.573 e. The molecule has 2 heterocycles. The van der Waals surface area contributed by atoms with Crippen LogP contribution in [0.2, 0.25) is 0 Å². The summed E-state index contributed by atoms with van der Waals surface area (Å²) in [6.07, 6.45) is -4.77. The quantitative estimate of drug-likeness (QED) is 0.728. The van der Waals surface area contributed by atoms with Crippen molar-refractivity contribution in [2.75, 3.05) is 0 Å². The van der Waals surface area contributed by atoms with E-state index in [1.807, 2.05) is 0 Å². The van der Waals surface area contributed by atoms with Crippen molar-refractivity contribution in [3.05, 3.63) is 53.6 Å². The first-order chi connectivity index (χ1) is 11.7. The number of benzene rings is 1. The summed E-state index contributed by atoms with van der Waals surface area (Å²) in [5.41, 5.74) is 0.600. The predicted molar refractivity (Wildman–Crippen MR) is 84.3 cm³/mol. The van der Waals surface area contributed by atoms with Crippen LogP contribution in [0.25, 0.3) is 10.9 Å². The molecule has 3 aromatic rings. The molecule has 1 atom stereocenters. The van der Waals surface area contributed by atoms with Crippen LogP contribution in [0.15, 0.2) is 40.8 Å². The van der Waals surface area contributed by atoms with Crippen LogP contribution >= 0.6 is 0 Å². The Morgan fingerprint density at radius 2 is 2.00 bits per heavy atom. The Hall–Kier alpha value is -2.90. The van der Waals surface area contributed by atoms with Gasteiger partial charge in [-0.3, -0.25) is 4.79 Å². The van der Waals surface area contributed by atoms with Crippen molar-refractivity contribution in [3.8, 4) is 5.75 Å². The number of H-pyrrole nitrogens is 1. The van der Waals surface area contributed by atoms with Crippen LogP contribution in [0.1, 0.15) is 35.0 Å². The summed E-state index contributed by atoms with van der Waals surface area (Å²) in [4.78, 5) is 15.1. The highest BCUT2D eigenvalue weighted by Crippen LogP contribution is 2.27. The van der Waals surface area contributed by atoms with Gasteiger partial charge in [0, 0.05) is 17.0 Å². The highest BCUT2D eigenvalue weighted by molar-refractivity contribution is 5.98. The number of halogens is 3. The minimum absolute atomic E-state index is 0.231. The van der Waals surface area contributed by atoms with Crippen molar-refractivity contribution in [2.45, 2.75) is 26.3 Å². The number of aromatic amines is 1. The monoisotopic (exact) mass is 352 g/mol. The lowest BCUT2D eigenvalue weighted by atomic mass is 10.2. The molecule has 0 bridgehead atoms. The van der Waals surface area contributed by atoms with E-state index in [1.54, 1.807) is 32.0 Å². The van der Waals surface area contributed by atoms with Crippen LogP contribution in [0, 0.1) is 6.92 Å². The van der Waals surface area contributed by atoms with E-state index in [0.29, 0.717) is 16.7 Å². The molecule has 0 aliphatic carbocycles. The first kappa shape index (κ1) is 16.9. The Morgan fingerprint density at radius 3 is 2.64 bits per heavy atom. The van der Waals surface area contributed by atoms with Crippen molar-refractivity contribution in [1.82, 2.24) is 10.3 Å². The summed E-state index contributed by atoms with van der Waals surface area (Å²) in [5.74, 6) is 0.603. The zero-order chi connectivity index (χ0) is 18.2. The van der Waals surface area contributed by atoms with Crippen LogP contribution in [0.4, 0.5) is 13.2 Å². The number of hydrogen-bond acceptors (Lipinski definition) is 3. The smallest absolute Gasteiger partial charge is 0.464 e. The van der Waals surface area contributed by atoms with E-state index in [4.69, 9.17) is 4.42 Å². The molecular weight excluding hydrogens is 337 g/mol. The minimum Gasteiger partial charge on any atom is -0.464 e. The molecule has 1 amide bonds. The van der Waals surface area contributed by atoms with Crippen LogP contribution in [-0.2, 0) is 0 Å². The fourth-order valence-electron chi connectivity index (χ4n) is 2.46. The van der Waals surface area contributed by atoms with E-state index in [2.05, 4.69) is 15.0 Å². The van der Waals surface area contributed by atoms with Gasteiger partial charge in [-0.25, -0.2) is 0 Å². The van der Waals surface area contributed by atoms with Crippen molar-refractivity contribution in [1.29, 1.82) is 0 Å². The average Bonchev–Trinajstić information content (AvgIpc) is 3.11. The van der Waals surface area contributed by atoms with Crippen LogP contribution < -0.4 is 10.1 Å². The summed E-state index contributed by atoms with van der Waals surface area (Å²) in [5, 5.41) is 3.36. The number of carbonyl (C=O) groups is 1. The van der Waals surface area contributed by atoms with Gasteiger partial charge in [0.25, 0.3) is 5.91 Å². The van der Waals surface area contributed by atoms with Gasteiger partial charge >= 0.3 is 6.36 Å². The minimum atomic E-state index is -4.77. The number of rotatable bonds is 4.